The molecule has 0 bridgehead atoms. The zero-order chi connectivity index (χ0) is 12.5. The van der Waals surface area contributed by atoms with Gasteiger partial charge in [0.15, 0.2) is 0 Å². The Bertz CT molecular complexity index is 580. The summed E-state index contributed by atoms with van der Waals surface area (Å²) in [5.41, 5.74) is 2.34. The molecule has 1 N–H and O–H groups in total. The molecule has 0 aliphatic carbocycles. The van der Waals surface area contributed by atoms with E-state index in [1.54, 1.807) is 12.1 Å². The second-order valence-corrected chi connectivity index (χ2v) is 4.39. The molecule has 2 nitrogen and oxygen atoms in total. The maximum Gasteiger partial charge on any atom is 0.128 e. The largest absolute Gasteiger partial charge is 0.493 e. The van der Waals surface area contributed by atoms with Gasteiger partial charge in [-0.15, -0.1) is 0 Å². The highest BCUT2D eigenvalue weighted by atomic mass is 19.1. The van der Waals surface area contributed by atoms with Crippen LogP contribution in [0, 0.1) is 5.82 Å². The monoisotopic (exact) mass is 244 g/mol. The first-order valence-electron chi connectivity index (χ1n) is 5.94. The van der Waals surface area contributed by atoms with Gasteiger partial charge in [-0.05, 0) is 23.3 Å². The van der Waals surface area contributed by atoms with E-state index in [9.17, 15) is 9.50 Å². The van der Waals surface area contributed by atoms with Crippen molar-refractivity contribution in [1.82, 2.24) is 0 Å². The minimum atomic E-state index is -0.853. The minimum Gasteiger partial charge on any atom is -0.493 e. The number of halogens is 1. The van der Waals surface area contributed by atoms with E-state index >= 15 is 0 Å². The van der Waals surface area contributed by atoms with Gasteiger partial charge in [-0.3, -0.25) is 0 Å². The Morgan fingerprint density at radius 3 is 2.83 bits per heavy atom. The summed E-state index contributed by atoms with van der Waals surface area (Å²) in [5.74, 6) is 0.398. The van der Waals surface area contributed by atoms with Gasteiger partial charge in [0.25, 0.3) is 0 Å². The molecule has 0 fully saturated rings. The fourth-order valence-electron chi connectivity index (χ4n) is 2.31. The molecule has 0 aromatic heterocycles. The lowest BCUT2D eigenvalue weighted by atomic mass is 9.98. The Hall–Kier alpha value is -1.87. The molecule has 3 heteroatoms. The van der Waals surface area contributed by atoms with Crippen LogP contribution in [-0.4, -0.2) is 11.7 Å². The number of aliphatic hydroxyl groups excluding tert-OH is 1. The highest BCUT2D eigenvalue weighted by Crippen LogP contribution is 2.36. The molecule has 92 valence electrons. The molecule has 1 heterocycles. The predicted octanol–water partition coefficient (Wildman–Crippen LogP) is 2.84. The molecule has 18 heavy (non-hydrogen) atoms. The number of fused-ring (bicyclic) bond motifs is 1. The van der Waals surface area contributed by atoms with Crippen LogP contribution in [0.15, 0.2) is 42.5 Å². The summed E-state index contributed by atoms with van der Waals surface area (Å²) in [6.07, 6.45) is 0.00715. The van der Waals surface area contributed by atoms with E-state index in [0.29, 0.717) is 17.7 Å². The second kappa shape index (κ2) is 4.42. The first-order valence-corrected chi connectivity index (χ1v) is 5.94. The first-order chi connectivity index (χ1) is 8.75. The van der Waals surface area contributed by atoms with Crippen molar-refractivity contribution in [2.24, 2.45) is 0 Å². The van der Waals surface area contributed by atoms with Gasteiger partial charge in [0, 0.05) is 12.0 Å². The van der Waals surface area contributed by atoms with Crippen molar-refractivity contribution in [2.75, 3.05) is 6.61 Å². The van der Waals surface area contributed by atoms with Crippen LogP contribution >= 0.6 is 0 Å². The lowest BCUT2D eigenvalue weighted by Gasteiger charge is -2.15. The van der Waals surface area contributed by atoms with E-state index in [0.717, 1.165) is 17.7 Å². The quantitative estimate of drug-likeness (QED) is 0.880. The summed E-state index contributed by atoms with van der Waals surface area (Å²) in [5, 5.41) is 10.3. The summed E-state index contributed by atoms with van der Waals surface area (Å²) in [7, 11) is 0. The normalized spacial score (nSPS) is 15.0. The number of ether oxygens (including phenoxy) is 1. The molecule has 1 aliphatic rings. The van der Waals surface area contributed by atoms with Crippen LogP contribution < -0.4 is 4.74 Å². The fraction of sp³-hybridized carbons (Fsp3) is 0.200. The number of benzene rings is 2. The molecule has 0 saturated heterocycles. The first kappa shape index (κ1) is 11.2. The number of aliphatic hydroxyl groups is 1. The Morgan fingerprint density at radius 1 is 1.17 bits per heavy atom. The average molecular weight is 244 g/mol. The van der Waals surface area contributed by atoms with Gasteiger partial charge < -0.3 is 9.84 Å². The standard InChI is InChI=1S/C15H13FO2/c16-12-5-1-4-11(9-12)14(17)13-6-2-3-10-7-8-18-15(10)13/h1-6,9,14,17H,7-8H2. The maximum atomic E-state index is 13.2. The van der Waals surface area contributed by atoms with Gasteiger partial charge >= 0.3 is 0 Å². The van der Waals surface area contributed by atoms with Crippen LogP contribution in [0.5, 0.6) is 5.75 Å². The van der Waals surface area contributed by atoms with E-state index < -0.39 is 6.10 Å². The maximum absolute atomic E-state index is 13.2. The summed E-state index contributed by atoms with van der Waals surface area (Å²) < 4.78 is 18.7. The molecule has 1 unspecified atom stereocenters. The molecule has 0 saturated carbocycles. The number of para-hydroxylation sites is 1. The smallest absolute Gasteiger partial charge is 0.128 e. The van der Waals surface area contributed by atoms with Crippen LogP contribution in [0.1, 0.15) is 22.8 Å². The lowest BCUT2D eigenvalue weighted by Crippen LogP contribution is -2.02. The van der Waals surface area contributed by atoms with Crippen LogP contribution in [0.25, 0.3) is 0 Å². The molecular formula is C15H13FO2. The highest BCUT2D eigenvalue weighted by Gasteiger charge is 2.21. The molecule has 1 aliphatic heterocycles. The molecule has 3 rings (SSSR count). The van der Waals surface area contributed by atoms with Crippen molar-refractivity contribution in [3.8, 4) is 5.75 Å². The van der Waals surface area contributed by atoms with Crippen molar-refractivity contribution in [3.05, 3.63) is 65.0 Å². The molecule has 1 atom stereocenters. The van der Waals surface area contributed by atoms with Gasteiger partial charge in [-0.2, -0.15) is 0 Å². The second-order valence-electron chi connectivity index (χ2n) is 4.39. The third-order valence-corrected chi connectivity index (χ3v) is 3.20. The molecule has 2 aromatic rings. The fourth-order valence-corrected chi connectivity index (χ4v) is 2.31. The number of hydrogen-bond donors (Lipinski definition) is 1. The number of hydrogen-bond acceptors (Lipinski definition) is 2. The van der Waals surface area contributed by atoms with Crippen molar-refractivity contribution in [3.63, 3.8) is 0 Å². The average Bonchev–Trinajstić information content (AvgIpc) is 2.86. The van der Waals surface area contributed by atoms with Gasteiger partial charge in [-0.1, -0.05) is 30.3 Å². The van der Waals surface area contributed by atoms with E-state index in [2.05, 4.69) is 0 Å². The third kappa shape index (κ3) is 1.87. The Balaban J connectivity index is 2.03. The Kier molecular flexibility index (Phi) is 2.76. The Labute approximate surface area is 105 Å². The van der Waals surface area contributed by atoms with Crippen LogP contribution in [0.3, 0.4) is 0 Å². The topological polar surface area (TPSA) is 29.5 Å². The van der Waals surface area contributed by atoms with Crippen LogP contribution in [-0.2, 0) is 6.42 Å². The predicted molar refractivity (Wildman–Crippen MR) is 66.1 cm³/mol. The SMILES string of the molecule is OC(c1cccc(F)c1)c1cccc2c1OCC2. The molecule has 0 spiro atoms. The van der Waals surface area contributed by atoms with Crippen LogP contribution in [0.4, 0.5) is 4.39 Å². The van der Waals surface area contributed by atoms with Gasteiger partial charge in [0.1, 0.15) is 17.7 Å². The lowest BCUT2D eigenvalue weighted by molar-refractivity contribution is 0.213. The minimum absolute atomic E-state index is 0.347. The zero-order valence-electron chi connectivity index (χ0n) is 9.77. The zero-order valence-corrected chi connectivity index (χ0v) is 9.77. The third-order valence-electron chi connectivity index (χ3n) is 3.20. The molecule has 0 radical (unpaired) electrons. The van der Waals surface area contributed by atoms with Crippen LogP contribution in [0.2, 0.25) is 0 Å². The van der Waals surface area contributed by atoms with Crippen molar-refractivity contribution in [1.29, 1.82) is 0 Å². The molecule has 2 aromatic carbocycles. The molecule has 0 amide bonds. The highest BCUT2D eigenvalue weighted by molar-refractivity contribution is 5.47. The van der Waals surface area contributed by atoms with E-state index in [-0.39, 0.29) is 5.82 Å². The van der Waals surface area contributed by atoms with Gasteiger partial charge in [-0.25, -0.2) is 4.39 Å². The summed E-state index contributed by atoms with van der Waals surface area (Å²) >= 11 is 0. The number of rotatable bonds is 2. The van der Waals surface area contributed by atoms with Gasteiger partial charge in [0.2, 0.25) is 0 Å². The van der Waals surface area contributed by atoms with E-state index in [1.807, 2.05) is 18.2 Å². The Morgan fingerprint density at radius 2 is 2.00 bits per heavy atom. The summed E-state index contributed by atoms with van der Waals surface area (Å²) in [4.78, 5) is 0. The van der Waals surface area contributed by atoms with Crippen molar-refractivity contribution < 1.29 is 14.2 Å². The molecular weight excluding hydrogens is 231 g/mol. The van der Waals surface area contributed by atoms with Gasteiger partial charge in [0.05, 0.1) is 6.61 Å². The van der Waals surface area contributed by atoms with Crippen molar-refractivity contribution >= 4 is 0 Å². The summed E-state index contributed by atoms with van der Waals surface area (Å²) in [6.45, 7) is 0.641. The summed E-state index contributed by atoms with van der Waals surface area (Å²) in [6, 6.07) is 11.7. The van der Waals surface area contributed by atoms with E-state index in [1.165, 1.54) is 12.1 Å². The van der Waals surface area contributed by atoms with Crippen molar-refractivity contribution in [2.45, 2.75) is 12.5 Å². The van der Waals surface area contributed by atoms with E-state index in [4.69, 9.17) is 4.74 Å².